The quantitative estimate of drug-likeness (QED) is 0.517. The first kappa shape index (κ1) is 22.9. The maximum Gasteiger partial charge on any atom is 0.573 e. The number of nitrogens with zero attached hydrogens (tertiary/aromatic N) is 2. The van der Waals surface area contributed by atoms with E-state index < -0.39 is 12.2 Å². The number of hydrogen-bond donors (Lipinski definition) is 1. The van der Waals surface area contributed by atoms with Gasteiger partial charge in [-0.05, 0) is 60.4 Å². The maximum atomic E-state index is 13.4. The van der Waals surface area contributed by atoms with E-state index in [0.29, 0.717) is 36.4 Å². The average Bonchev–Trinajstić information content (AvgIpc) is 2.79. The molecule has 2 atom stereocenters. The number of alkyl halides is 3. The zero-order valence-corrected chi connectivity index (χ0v) is 18.4. The van der Waals surface area contributed by atoms with Crippen LogP contribution in [0.3, 0.4) is 0 Å². The average molecular weight is 487 g/mol. The molecule has 0 spiro atoms. The molecule has 2 unspecified atom stereocenters. The Balaban J connectivity index is 1.35. The van der Waals surface area contributed by atoms with E-state index in [1.807, 2.05) is 6.07 Å². The van der Waals surface area contributed by atoms with Crippen LogP contribution in [-0.4, -0.2) is 34.9 Å². The zero-order valence-electron chi connectivity index (χ0n) is 18.4. The molecule has 0 radical (unpaired) electrons. The molecule has 35 heavy (non-hydrogen) atoms. The molecule has 2 aliphatic rings. The third-order valence-electron chi connectivity index (χ3n) is 6.37. The smallest absolute Gasteiger partial charge is 0.406 e. The summed E-state index contributed by atoms with van der Waals surface area (Å²) in [7, 11) is 0. The largest absolute Gasteiger partial charge is 0.573 e. The fraction of sp³-hybridized carbons (Fsp3) is 0.280. The molecule has 0 aliphatic carbocycles. The van der Waals surface area contributed by atoms with E-state index in [1.165, 1.54) is 42.5 Å². The number of pyridine rings is 1. The Morgan fingerprint density at radius 1 is 1.00 bits per heavy atom. The molecule has 5 rings (SSSR count). The molecule has 182 valence electrons. The minimum atomic E-state index is -4.78. The molecule has 2 aromatic carbocycles. The summed E-state index contributed by atoms with van der Waals surface area (Å²) in [6, 6.07) is 14.1. The number of likely N-dealkylation sites (tertiary alicyclic amines) is 1. The summed E-state index contributed by atoms with van der Waals surface area (Å²) in [6.07, 6.45) is -3.95. The number of carbonyl (C=O) groups is 1. The molecule has 2 amide bonds. The third-order valence-corrected chi connectivity index (χ3v) is 6.37. The van der Waals surface area contributed by atoms with Crippen molar-refractivity contribution in [1.29, 1.82) is 0 Å². The van der Waals surface area contributed by atoms with Crippen LogP contribution in [0, 0.1) is 11.7 Å². The summed E-state index contributed by atoms with van der Waals surface area (Å²) in [5.74, 6) is -0.768. The van der Waals surface area contributed by atoms with Crippen LogP contribution in [-0.2, 0) is 6.54 Å². The van der Waals surface area contributed by atoms with E-state index >= 15 is 0 Å². The van der Waals surface area contributed by atoms with Gasteiger partial charge in [0.1, 0.15) is 11.6 Å². The number of aromatic nitrogens is 1. The lowest BCUT2D eigenvalue weighted by atomic mass is 9.83. The van der Waals surface area contributed by atoms with Gasteiger partial charge in [-0.25, -0.2) is 9.18 Å². The van der Waals surface area contributed by atoms with E-state index in [2.05, 4.69) is 10.1 Å². The Morgan fingerprint density at radius 2 is 1.77 bits per heavy atom. The first-order chi connectivity index (χ1) is 16.7. The van der Waals surface area contributed by atoms with Crippen molar-refractivity contribution in [3.63, 3.8) is 0 Å². The third kappa shape index (κ3) is 4.87. The van der Waals surface area contributed by atoms with Gasteiger partial charge in [-0.1, -0.05) is 18.2 Å². The Labute approximate surface area is 197 Å². The Morgan fingerprint density at radius 3 is 2.49 bits per heavy atom. The number of nitrogens with one attached hydrogen (secondary N) is 1. The summed E-state index contributed by atoms with van der Waals surface area (Å²) < 4.78 is 56.3. The number of piperidine rings is 1. The van der Waals surface area contributed by atoms with Crippen LogP contribution in [0.4, 0.5) is 28.0 Å². The highest BCUT2D eigenvalue weighted by atomic mass is 19.4. The molecule has 2 aliphatic heterocycles. The molecule has 6 nitrogen and oxygen atoms in total. The Hall–Kier alpha value is -3.82. The molecule has 1 fully saturated rings. The Kier molecular flexibility index (Phi) is 5.74. The SMILES string of the molecule is O=C(Nc1cccc(F)c1)N1CC2CC(C1)c1ccc(-c3ccc(OC(F)(F)F)cc3)c(=O)n1C2. The van der Waals surface area contributed by atoms with Crippen LogP contribution < -0.4 is 15.6 Å². The molecule has 2 bridgehead atoms. The van der Waals surface area contributed by atoms with Gasteiger partial charge in [0.25, 0.3) is 5.56 Å². The number of halogens is 4. The highest BCUT2D eigenvalue weighted by molar-refractivity contribution is 5.89. The van der Waals surface area contributed by atoms with Crippen molar-refractivity contribution in [3.8, 4) is 16.9 Å². The lowest BCUT2D eigenvalue weighted by Gasteiger charge is -2.42. The second kappa shape index (κ2) is 8.75. The van der Waals surface area contributed by atoms with E-state index in [0.717, 1.165) is 12.1 Å². The maximum absolute atomic E-state index is 13.4. The van der Waals surface area contributed by atoms with Gasteiger partial charge in [-0.15, -0.1) is 13.2 Å². The summed E-state index contributed by atoms with van der Waals surface area (Å²) >= 11 is 0. The lowest BCUT2D eigenvalue weighted by Crippen LogP contribution is -2.50. The highest BCUT2D eigenvalue weighted by Crippen LogP contribution is 2.36. The van der Waals surface area contributed by atoms with Gasteiger partial charge >= 0.3 is 12.4 Å². The number of amides is 2. The molecule has 1 N–H and O–H groups in total. The zero-order chi connectivity index (χ0) is 24.7. The molecule has 10 heteroatoms. The summed E-state index contributed by atoms with van der Waals surface area (Å²) in [6.45, 7) is 1.30. The molecule has 1 saturated heterocycles. The van der Waals surface area contributed by atoms with Crippen molar-refractivity contribution in [2.24, 2.45) is 5.92 Å². The van der Waals surface area contributed by atoms with Gasteiger partial charge in [0.05, 0.1) is 0 Å². The molecule has 3 aromatic rings. The topological polar surface area (TPSA) is 63.6 Å². The van der Waals surface area contributed by atoms with Gasteiger partial charge in [0.2, 0.25) is 0 Å². The molecule has 3 heterocycles. The number of urea groups is 1. The molecule has 0 saturated carbocycles. The van der Waals surface area contributed by atoms with Crippen LogP contribution in [0.25, 0.3) is 11.1 Å². The highest BCUT2D eigenvalue weighted by Gasteiger charge is 2.37. The molecule has 1 aromatic heterocycles. The van der Waals surface area contributed by atoms with Gasteiger partial charge < -0.3 is 19.5 Å². The van der Waals surface area contributed by atoms with Gasteiger partial charge in [0.15, 0.2) is 0 Å². The van der Waals surface area contributed by atoms with Crippen LogP contribution in [0.15, 0.2) is 65.5 Å². The predicted octanol–water partition coefficient (Wildman–Crippen LogP) is 5.20. The Bertz CT molecular complexity index is 1320. The van der Waals surface area contributed by atoms with Crippen molar-refractivity contribution in [3.05, 3.63) is 82.5 Å². The van der Waals surface area contributed by atoms with Crippen LogP contribution in [0.5, 0.6) is 5.75 Å². The van der Waals surface area contributed by atoms with Crippen molar-refractivity contribution < 1.29 is 27.1 Å². The van der Waals surface area contributed by atoms with Crippen LogP contribution >= 0.6 is 0 Å². The predicted molar refractivity (Wildman–Crippen MR) is 121 cm³/mol. The van der Waals surface area contributed by atoms with E-state index in [1.54, 1.807) is 21.6 Å². The first-order valence-electron chi connectivity index (χ1n) is 11.1. The number of carbonyl (C=O) groups excluding carboxylic acids is 1. The molecular weight excluding hydrogens is 466 g/mol. The number of anilines is 1. The second-order valence-corrected chi connectivity index (χ2v) is 8.80. The van der Waals surface area contributed by atoms with Crippen molar-refractivity contribution in [1.82, 2.24) is 9.47 Å². The summed E-state index contributed by atoms with van der Waals surface area (Å²) in [5, 5.41) is 2.72. The first-order valence-corrected chi connectivity index (χ1v) is 11.1. The number of ether oxygens (including phenoxy) is 1. The van der Waals surface area contributed by atoms with Gasteiger partial charge in [-0.3, -0.25) is 4.79 Å². The van der Waals surface area contributed by atoms with Crippen molar-refractivity contribution >= 4 is 11.7 Å². The standard InChI is InChI=1S/C25H21F4N3O3/c26-18-2-1-3-19(11-18)30-24(34)31-12-15-10-17(14-31)22-9-8-21(23(33)32(22)13-15)16-4-6-20(7-5-16)35-25(27,28)29/h1-9,11,15,17H,10,12-14H2,(H,30,34). The monoisotopic (exact) mass is 487 g/mol. The number of fused-ring (bicyclic) bond motifs is 4. The lowest BCUT2D eigenvalue weighted by molar-refractivity contribution is -0.274. The normalized spacial score (nSPS) is 19.1. The minimum absolute atomic E-state index is 0.0370. The van der Waals surface area contributed by atoms with Crippen LogP contribution in [0.1, 0.15) is 18.0 Å². The fourth-order valence-corrected chi connectivity index (χ4v) is 4.94. The van der Waals surface area contributed by atoms with E-state index in [9.17, 15) is 27.2 Å². The van der Waals surface area contributed by atoms with Crippen molar-refractivity contribution in [2.75, 3.05) is 18.4 Å². The van der Waals surface area contributed by atoms with Crippen molar-refractivity contribution in [2.45, 2.75) is 25.2 Å². The fourth-order valence-electron chi connectivity index (χ4n) is 4.94. The summed E-state index contributed by atoms with van der Waals surface area (Å²) in [4.78, 5) is 27.7. The second-order valence-electron chi connectivity index (χ2n) is 8.80. The minimum Gasteiger partial charge on any atom is -0.406 e. The van der Waals surface area contributed by atoms with Gasteiger partial charge in [-0.2, -0.15) is 0 Å². The van der Waals surface area contributed by atoms with E-state index in [4.69, 9.17) is 0 Å². The van der Waals surface area contributed by atoms with Gasteiger partial charge in [0, 0.05) is 42.5 Å². The van der Waals surface area contributed by atoms with Crippen LogP contribution in [0.2, 0.25) is 0 Å². The number of benzene rings is 2. The number of rotatable bonds is 3. The van der Waals surface area contributed by atoms with E-state index in [-0.39, 0.29) is 29.2 Å². The summed E-state index contributed by atoms with van der Waals surface area (Å²) in [5.41, 5.74) is 1.84. The number of hydrogen-bond acceptors (Lipinski definition) is 3. The molecular formula is C25H21F4N3O3.